The summed E-state index contributed by atoms with van der Waals surface area (Å²) in [5.74, 6) is -1.56. The number of phenols is 1. The number of anilines is 1. The number of ether oxygens (including phenoxy) is 3. The Morgan fingerprint density at radius 2 is 1.86 bits per heavy atom. The van der Waals surface area contributed by atoms with Crippen LogP contribution in [-0.4, -0.2) is 60.8 Å². The number of methoxy groups -OCH3 is 1. The van der Waals surface area contributed by atoms with E-state index < -0.39 is 41.2 Å². The molecule has 2 saturated heterocycles. The lowest BCUT2D eigenvalue weighted by atomic mass is 9.78. The number of carbonyl (C=O) groups is 3. The molecule has 0 spiro atoms. The van der Waals surface area contributed by atoms with Gasteiger partial charge in [-0.25, -0.2) is 4.90 Å². The molecular formula is C25H26N2O7S. The highest BCUT2D eigenvalue weighted by Crippen LogP contribution is 2.52. The van der Waals surface area contributed by atoms with Gasteiger partial charge < -0.3 is 19.3 Å². The fourth-order valence-electron chi connectivity index (χ4n) is 5.36. The summed E-state index contributed by atoms with van der Waals surface area (Å²) in [6.45, 7) is 0.797. The van der Waals surface area contributed by atoms with Crippen LogP contribution < -0.4 is 19.7 Å². The van der Waals surface area contributed by atoms with Gasteiger partial charge in [0, 0.05) is 12.1 Å². The molecule has 2 fully saturated rings. The van der Waals surface area contributed by atoms with Crippen LogP contribution in [0.3, 0.4) is 0 Å². The second-order valence-corrected chi connectivity index (χ2v) is 9.75. The van der Waals surface area contributed by atoms with Crippen LogP contribution in [0.15, 0.2) is 42.5 Å². The summed E-state index contributed by atoms with van der Waals surface area (Å²) in [4.78, 5) is 42.2. The normalized spacial score (nSPS) is 27.1. The van der Waals surface area contributed by atoms with Gasteiger partial charge in [0.2, 0.25) is 11.8 Å². The Morgan fingerprint density at radius 1 is 1.14 bits per heavy atom. The van der Waals surface area contributed by atoms with Crippen LogP contribution in [0, 0.1) is 11.8 Å². The minimum atomic E-state index is -1.37. The fourth-order valence-corrected chi connectivity index (χ4v) is 5.89. The van der Waals surface area contributed by atoms with Crippen molar-refractivity contribution < 1.29 is 33.7 Å². The number of benzene rings is 2. The third-order valence-electron chi connectivity index (χ3n) is 6.94. The standard InChI is InChI=1S/C25H26N2O7S/c1-32-24(31)25(9-12-35-2)20-19(21(26-25)14-3-6-16(28)7-4-14)22(29)27(23(20)30)15-5-8-17-18(13-15)34-11-10-33-17/h3-8,13,19-21,26,28H,9-12H2,1-2H3/t19-,20-,21-,25+/m0/s1. The SMILES string of the molecule is COC(=O)[C@]1(CCSC)N[C@@H](c2ccc(O)cc2)[C@H]2C(=O)N(c3ccc4c(c3)OCCO4)C(=O)[C@H]21. The molecule has 5 rings (SSSR count). The Morgan fingerprint density at radius 3 is 2.54 bits per heavy atom. The molecule has 10 heteroatoms. The highest BCUT2D eigenvalue weighted by Gasteiger charge is 2.68. The molecular weight excluding hydrogens is 472 g/mol. The predicted molar refractivity (Wildman–Crippen MR) is 129 cm³/mol. The Kier molecular flexibility index (Phi) is 6.10. The number of rotatable bonds is 6. The number of fused-ring (bicyclic) bond motifs is 2. The number of phenolic OH excluding ortho intramolecular Hbond substituents is 1. The molecule has 0 aromatic heterocycles. The summed E-state index contributed by atoms with van der Waals surface area (Å²) in [7, 11) is 1.29. The summed E-state index contributed by atoms with van der Waals surface area (Å²) in [6, 6.07) is 10.7. The molecule has 2 aromatic rings. The first-order valence-corrected chi connectivity index (χ1v) is 12.7. The first-order chi connectivity index (χ1) is 16.9. The van der Waals surface area contributed by atoms with Gasteiger partial charge in [-0.1, -0.05) is 12.1 Å². The van der Waals surface area contributed by atoms with Crippen LogP contribution in [0.25, 0.3) is 0 Å². The van der Waals surface area contributed by atoms with Gasteiger partial charge in [-0.05, 0) is 48.3 Å². The van der Waals surface area contributed by atoms with Crippen molar-refractivity contribution in [1.82, 2.24) is 5.32 Å². The van der Waals surface area contributed by atoms with Crippen molar-refractivity contribution >= 4 is 35.2 Å². The lowest BCUT2D eigenvalue weighted by Gasteiger charge is -2.32. The Bertz CT molecular complexity index is 1170. The molecule has 3 heterocycles. The Hall–Kier alpha value is -3.24. The van der Waals surface area contributed by atoms with E-state index in [2.05, 4.69) is 5.32 Å². The van der Waals surface area contributed by atoms with Crippen molar-refractivity contribution in [2.45, 2.75) is 18.0 Å². The lowest BCUT2D eigenvalue weighted by Crippen LogP contribution is -2.56. The van der Waals surface area contributed by atoms with E-state index in [4.69, 9.17) is 14.2 Å². The van der Waals surface area contributed by atoms with E-state index in [1.54, 1.807) is 42.1 Å². The molecule has 0 bridgehead atoms. The van der Waals surface area contributed by atoms with Crippen molar-refractivity contribution in [2.75, 3.05) is 37.2 Å². The third-order valence-corrected chi connectivity index (χ3v) is 7.55. The molecule has 184 valence electrons. The Labute approximate surface area is 206 Å². The molecule has 2 aromatic carbocycles. The van der Waals surface area contributed by atoms with E-state index in [1.807, 2.05) is 6.26 Å². The van der Waals surface area contributed by atoms with E-state index >= 15 is 0 Å². The highest BCUT2D eigenvalue weighted by atomic mass is 32.2. The number of aromatic hydroxyl groups is 1. The molecule has 3 aliphatic rings. The second kappa shape index (κ2) is 9.09. The zero-order valence-electron chi connectivity index (χ0n) is 19.4. The number of esters is 1. The van der Waals surface area contributed by atoms with Crippen molar-refractivity contribution in [2.24, 2.45) is 11.8 Å². The summed E-state index contributed by atoms with van der Waals surface area (Å²) >= 11 is 1.54. The maximum absolute atomic E-state index is 13.9. The summed E-state index contributed by atoms with van der Waals surface area (Å²) < 4.78 is 16.4. The van der Waals surface area contributed by atoms with E-state index in [9.17, 15) is 19.5 Å². The molecule has 35 heavy (non-hydrogen) atoms. The number of amides is 2. The van der Waals surface area contributed by atoms with Crippen LogP contribution in [0.5, 0.6) is 17.2 Å². The molecule has 0 aliphatic carbocycles. The number of hydrogen-bond donors (Lipinski definition) is 2. The minimum Gasteiger partial charge on any atom is -0.508 e. The van der Waals surface area contributed by atoms with Gasteiger partial charge in [0.15, 0.2) is 11.5 Å². The van der Waals surface area contributed by atoms with E-state index in [1.165, 1.54) is 19.2 Å². The van der Waals surface area contributed by atoms with Gasteiger partial charge in [0.25, 0.3) is 0 Å². The summed E-state index contributed by atoms with van der Waals surface area (Å²) in [5.41, 5.74) is -0.315. The van der Waals surface area contributed by atoms with Crippen LogP contribution in [-0.2, 0) is 19.1 Å². The zero-order valence-corrected chi connectivity index (χ0v) is 20.2. The molecule has 0 radical (unpaired) electrons. The molecule has 2 N–H and O–H groups in total. The largest absolute Gasteiger partial charge is 0.508 e. The van der Waals surface area contributed by atoms with Gasteiger partial charge in [0.1, 0.15) is 24.5 Å². The first-order valence-electron chi connectivity index (χ1n) is 11.3. The number of thioether (sulfide) groups is 1. The second-order valence-electron chi connectivity index (χ2n) is 8.76. The molecule has 0 saturated carbocycles. The fraction of sp³-hybridized carbons (Fsp3) is 0.400. The number of nitrogens with one attached hydrogen (secondary N) is 1. The highest BCUT2D eigenvalue weighted by molar-refractivity contribution is 7.98. The maximum Gasteiger partial charge on any atom is 0.326 e. The smallest absolute Gasteiger partial charge is 0.326 e. The quantitative estimate of drug-likeness (QED) is 0.457. The average molecular weight is 499 g/mol. The minimum absolute atomic E-state index is 0.0802. The molecule has 4 atom stereocenters. The summed E-state index contributed by atoms with van der Waals surface area (Å²) in [5, 5.41) is 13.1. The van der Waals surface area contributed by atoms with Crippen molar-refractivity contribution in [3.05, 3.63) is 48.0 Å². The van der Waals surface area contributed by atoms with Crippen LogP contribution in [0.1, 0.15) is 18.0 Å². The van der Waals surface area contributed by atoms with E-state index in [0.717, 1.165) is 4.90 Å². The van der Waals surface area contributed by atoms with Crippen molar-refractivity contribution in [3.63, 3.8) is 0 Å². The van der Waals surface area contributed by atoms with Crippen LogP contribution in [0.4, 0.5) is 5.69 Å². The third kappa shape index (κ3) is 3.71. The first kappa shape index (κ1) is 23.5. The zero-order chi connectivity index (χ0) is 24.7. The average Bonchev–Trinajstić information content (AvgIpc) is 3.36. The van der Waals surface area contributed by atoms with Gasteiger partial charge in [-0.2, -0.15) is 11.8 Å². The van der Waals surface area contributed by atoms with E-state index in [0.29, 0.717) is 48.1 Å². The van der Waals surface area contributed by atoms with Crippen molar-refractivity contribution in [1.29, 1.82) is 0 Å². The van der Waals surface area contributed by atoms with Gasteiger partial charge in [-0.3, -0.25) is 19.7 Å². The van der Waals surface area contributed by atoms with E-state index in [-0.39, 0.29) is 5.75 Å². The molecule has 9 nitrogen and oxygen atoms in total. The van der Waals surface area contributed by atoms with Crippen LogP contribution >= 0.6 is 11.8 Å². The Balaban J connectivity index is 1.61. The topological polar surface area (TPSA) is 114 Å². The van der Waals surface area contributed by atoms with Crippen LogP contribution in [0.2, 0.25) is 0 Å². The number of carbonyl (C=O) groups excluding carboxylic acids is 3. The maximum atomic E-state index is 13.9. The monoisotopic (exact) mass is 498 g/mol. The predicted octanol–water partition coefficient (Wildman–Crippen LogP) is 2.28. The number of hydrogen-bond acceptors (Lipinski definition) is 9. The summed E-state index contributed by atoms with van der Waals surface area (Å²) in [6.07, 6.45) is 2.22. The van der Waals surface area contributed by atoms with Gasteiger partial charge >= 0.3 is 5.97 Å². The lowest BCUT2D eigenvalue weighted by molar-refractivity contribution is -0.152. The molecule has 0 unspecified atom stereocenters. The van der Waals surface area contributed by atoms with Crippen molar-refractivity contribution in [3.8, 4) is 17.2 Å². The molecule has 3 aliphatic heterocycles. The van der Waals surface area contributed by atoms with Gasteiger partial charge in [0.05, 0.1) is 24.6 Å². The number of nitrogens with zero attached hydrogens (tertiary/aromatic N) is 1. The number of imide groups is 1. The molecule has 2 amide bonds. The van der Waals surface area contributed by atoms with Gasteiger partial charge in [-0.15, -0.1) is 0 Å².